The zero-order chi connectivity index (χ0) is 18.0. The van der Waals surface area contributed by atoms with Gasteiger partial charge < -0.3 is 14.5 Å². The Morgan fingerprint density at radius 1 is 1.08 bits per heavy atom. The summed E-state index contributed by atoms with van der Waals surface area (Å²) in [6.45, 7) is 2.75. The van der Waals surface area contributed by atoms with Crippen LogP contribution in [0.1, 0.15) is 17.3 Å². The maximum Gasteiger partial charge on any atom is 0.254 e. The van der Waals surface area contributed by atoms with E-state index in [1.54, 1.807) is 48.1 Å². The van der Waals surface area contributed by atoms with Crippen molar-refractivity contribution in [2.75, 3.05) is 25.1 Å². The molecule has 0 aliphatic carbocycles. The molecule has 2 amide bonds. The van der Waals surface area contributed by atoms with E-state index < -0.39 is 6.04 Å². The molecule has 1 aliphatic rings. The third-order valence-electron chi connectivity index (χ3n) is 4.39. The van der Waals surface area contributed by atoms with E-state index in [1.807, 2.05) is 24.3 Å². The first-order valence-corrected chi connectivity index (χ1v) is 8.82. The highest BCUT2D eigenvalue weighted by Gasteiger charge is 2.35. The van der Waals surface area contributed by atoms with E-state index in [1.165, 1.54) is 0 Å². The van der Waals surface area contributed by atoms with Crippen molar-refractivity contribution in [1.29, 1.82) is 0 Å². The van der Waals surface area contributed by atoms with Gasteiger partial charge in [0.05, 0.1) is 7.11 Å². The summed E-state index contributed by atoms with van der Waals surface area (Å²) in [5.41, 5.74) is 1.40. The summed E-state index contributed by atoms with van der Waals surface area (Å²) < 4.78 is 6.08. The number of nitrogens with zero attached hydrogens (tertiary/aromatic N) is 2. The average molecular weight is 403 g/mol. The van der Waals surface area contributed by atoms with Gasteiger partial charge in [-0.3, -0.25) is 9.59 Å². The molecule has 0 N–H and O–H groups in total. The van der Waals surface area contributed by atoms with E-state index in [0.29, 0.717) is 24.4 Å². The van der Waals surface area contributed by atoms with Crippen LogP contribution in [0.15, 0.2) is 53.0 Å². The number of amides is 2. The van der Waals surface area contributed by atoms with E-state index >= 15 is 0 Å². The maximum absolute atomic E-state index is 12.8. The lowest BCUT2D eigenvalue weighted by Gasteiger charge is -2.39. The highest BCUT2D eigenvalue weighted by atomic mass is 79.9. The van der Waals surface area contributed by atoms with Gasteiger partial charge in [0, 0.05) is 28.8 Å². The second kappa shape index (κ2) is 7.27. The third-order valence-corrected chi connectivity index (χ3v) is 4.92. The van der Waals surface area contributed by atoms with E-state index in [4.69, 9.17) is 4.74 Å². The van der Waals surface area contributed by atoms with Crippen molar-refractivity contribution in [3.63, 3.8) is 0 Å². The highest BCUT2D eigenvalue weighted by molar-refractivity contribution is 9.10. The highest BCUT2D eigenvalue weighted by Crippen LogP contribution is 2.24. The number of halogens is 1. The first kappa shape index (κ1) is 17.5. The predicted molar refractivity (Wildman–Crippen MR) is 100.0 cm³/mol. The molecule has 2 aromatic rings. The second-order valence-electron chi connectivity index (χ2n) is 5.87. The van der Waals surface area contributed by atoms with Crippen LogP contribution in [0.2, 0.25) is 0 Å². The Hall–Kier alpha value is -2.34. The standard InChI is InChI=1S/C19H19BrN2O3/c1-13-18(23)22(16-7-5-15(20)6-8-16)12-11-21(13)19(24)14-3-9-17(25-2)10-4-14/h3-10,13H,11-12H2,1-2H3/t13-/m1/s1. The molecule has 2 aromatic carbocycles. The van der Waals surface area contributed by atoms with Crippen molar-refractivity contribution in [2.45, 2.75) is 13.0 Å². The van der Waals surface area contributed by atoms with Crippen LogP contribution in [0, 0.1) is 0 Å². The molecule has 0 radical (unpaired) electrons. The number of hydrogen-bond acceptors (Lipinski definition) is 3. The Morgan fingerprint density at radius 3 is 2.32 bits per heavy atom. The Kier molecular flexibility index (Phi) is 5.08. The average Bonchev–Trinajstić information content (AvgIpc) is 2.64. The van der Waals surface area contributed by atoms with Crippen LogP contribution in [0.25, 0.3) is 0 Å². The summed E-state index contributed by atoms with van der Waals surface area (Å²) in [4.78, 5) is 28.9. The third kappa shape index (κ3) is 3.54. The zero-order valence-corrected chi connectivity index (χ0v) is 15.7. The van der Waals surface area contributed by atoms with Crippen molar-refractivity contribution in [2.24, 2.45) is 0 Å². The molecule has 3 rings (SSSR count). The summed E-state index contributed by atoms with van der Waals surface area (Å²) in [5, 5.41) is 0. The number of carbonyl (C=O) groups is 2. The van der Waals surface area contributed by atoms with Gasteiger partial charge >= 0.3 is 0 Å². The molecule has 1 saturated heterocycles. The molecule has 1 aliphatic heterocycles. The summed E-state index contributed by atoms with van der Waals surface area (Å²) in [5.74, 6) is 0.482. The SMILES string of the molecule is COc1ccc(C(=O)N2CCN(c3ccc(Br)cc3)C(=O)[C@H]2C)cc1. The van der Waals surface area contributed by atoms with Crippen molar-refractivity contribution in [1.82, 2.24) is 4.90 Å². The Labute approximate surface area is 155 Å². The van der Waals surface area contributed by atoms with Crippen LogP contribution in [-0.2, 0) is 4.79 Å². The second-order valence-corrected chi connectivity index (χ2v) is 6.78. The molecule has 0 saturated carbocycles. The minimum Gasteiger partial charge on any atom is -0.497 e. The Balaban J connectivity index is 1.76. The number of rotatable bonds is 3. The largest absolute Gasteiger partial charge is 0.497 e. The van der Waals surface area contributed by atoms with E-state index in [-0.39, 0.29) is 11.8 Å². The quantitative estimate of drug-likeness (QED) is 0.790. The van der Waals surface area contributed by atoms with Crippen LogP contribution in [0.4, 0.5) is 5.69 Å². The Bertz CT molecular complexity index is 774. The molecule has 1 atom stereocenters. The lowest BCUT2D eigenvalue weighted by molar-refractivity contribution is -0.124. The van der Waals surface area contributed by atoms with Crippen LogP contribution in [0.5, 0.6) is 5.75 Å². The summed E-state index contributed by atoms with van der Waals surface area (Å²) in [7, 11) is 1.58. The monoisotopic (exact) mass is 402 g/mol. The molecule has 6 heteroatoms. The molecule has 1 heterocycles. The zero-order valence-electron chi connectivity index (χ0n) is 14.1. The molecule has 0 spiro atoms. The number of ether oxygens (including phenoxy) is 1. The predicted octanol–water partition coefficient (Wildman–Crippen LogP) is 3.34. The number of carbonyl (C=O) groups excluding carboxylic acids is 2. The molecule has 0 bridgehead atoms. The first-order chi connectivity index (χ1) is 12.0. The van der Waals surface area contributed by atoms with Gasteiger partial charge in [0.2, 0.25) is 5.91 Å². The Morgan fingerprint density at radius 2 is 1.72 bits per heavy atom. The fourth-order valence-corrected chi connectivity index (χ4v) is 3.19. The van der Waals surface area contributed by atoms with E-state index in [0.717, 1.165) is 10.2 Å². The number of benzene rings is 2. The van der Waals surface area contributed by atoms with Crippen LogP contribution < -0.4 is 9.64 Å². The van der Waals surface area contributed by atoms with Gasteiger partial charge in [0.15, 0.2) is 0 Å². The normalized spacial score (nSPS) is 17.6. The minimum absolute atomic E-state index is 0.0737. The summed E-state index contributed by atoms with van der Waals surface area (Å²) in [6, 6.07) is 14.0. The van der Waals surface area contributed by atoms with Gasteiger partial charge in [-0.05, 0) is 55.5 Å². The fraction of sp³-hybridized carbons (Fsp3) is 0.263. The van der Waals surface area contributed by atoms with Crippen molar-refractivity contribution < 1.29 is 14.3 Å². The first-order valence-electron chi connectivity index (χ1n) is 8.03. The number of piperazine rings is 1. The van der Waals surface area contributed by atoms with E-state index in [9.17, 15) is 9.59 Å². The lowest BCUT2D eigenvalue weighted by Crippen LogP contribution is -2.57. The smallest absolute Gasteiger partial charge is 0.254 e. The fourth-order valence-electron chi connectivity index (χ4n) is 2.92. The van der Waals surface area contributed by atoms with Gasteiger partial charge in [-0.1, -0.05) is 15.9 Å². The lowest BCUT2D eigenvalue weighted by atomic mass is 10.1. The van der Waals surface area contributed by atoms with Crippen LogP contribution in [0.3, 0.4) is 0 Å². The van der Waals surface area contributed by atoms with Gasteiger partial charge in [0.1, 0.15) is 11.8 Å². The van der Waals surface area contributed by atoms with Gasteiger partial charge in [-0.2, -0.15) is 0 Å². The maximum atomic E-state index is 12.8. The molecular weight excluding hydrogens is 384 g/mol. The molecule has 0 aromatic heterocycles. The molecule has 130 valence electrons. The molecule has 0 unspecified atom stereocenters. The molecule has 25 heavy (non-hydrogen) atoms. The van der Waals surface area contributed by atoms with Crippen LogP contribution in [-0.4, -0.2) is 43.0 Å². The molecule has 5 nitrogen and oxygen atoms in total. The number of hydrogen-bond donors (Lipinski definition) is 0. The molecular formula is C19H19BrN2O3. The van der Waals surface area contributed by atoms with Gasteiger partial charge in [-0.25, -0.2) is 0 Å². The van der Waals surface area contributed by atoms with Crippen molar-refractivity contribution >= 4 is 33.4 Å². The van der Waals surface area contributed by atoms with E-state index in [2.05, 4.69) is 15.9 Å². The summed E-state index contributed by atoms with van der Waals surface area (Å²) >= 11 is 3.40. The van der Waals surface area contributed by atoms with Crippen molar-refractivity contribution in [3.8, 4) is 5.75 Å². The minimum atomic E-state index is -0.507. The number of methoxy groups -OCH3 is 1. The topological polar surface area (TPSA) is 49.9 Å². The molecule has 1 fully saturated rings. The van der Waals surface area contributed by atoms with Gasteiger partial charge in [-0.15, -0.1) is 0 Å². The van der Waals surface area contributed by atoms with Gasteiger partial charge in [0.25, 0.3) is 5.91 Å². The van der Waals surface area contributed by atoms with Crippen molar-refractivity contribution in [3.05, 3.63) is 58.6 Å². The summed E-state index contributed by atoms with van der Waals surface area (Å²) in [6.07, 6.45) is 0. The number of anilines is 1. The van der Waals surface area contributed by atoms with Crippen LogP contribution >= 0.6 is 15.9 Å².